The van der Waals surface area contributed by atoms with Crippen molar-refractivity contribution in [1.29, 1.82) is 0 Å². The van der Waals surface area contributed by atoms with Crippen LogP contribution >= 0.6 is 12.2 Å². The van der Waals surface area contributed by atoms with Gasteiger partial charge in [0.1, 0.15) is 10.7 Å². The first kappa shape index (κ1) is 13.2. The molecule has 98 valence electrons. The number of H-pyrrole nitrogens is 1. The fraction of sp³-hybridized carbons (Fsp3) is 0.167. The van der Waals surface area contributed by atoms with Gasteiger partial charge in [-0.3, -0.25) is 14.9 Å². The Balaban J connectivity index is 2.18. The van der Waals surface area contributed by atoms with E-state index in [0.717, 1.165) is 11.4 Å². The Morgan fingerprint density at radius 2 is 2.16 bits per heavy atom. The topological polar surface area (TPSA) is 96.7 Å². The zero-order valence-corrected chi connectivity index (χ0v) is 11.3. The lowest BCUT2D eigenvalue weighted by molar-refractivity contribution is 0.102. The fourth-order valence-corrected chi connectivity index (χ4v) is 1.71. The molecule has 0 unspecified atom stereocenters. The Morgan fingerprint density at radius 1 is 1.42 bits per heavy atom. The van der Waals surface area contributed by atoms with E-state index in [9.17, 15) is 4.79 Å². The summed E-state index contributed by atoms with van der Waals surface area (Å²) in [7, 11) is 0. The third kappa shape index (κ3) is 2.76. The molecule has 0 fully saturated rings. The lowest BCUT2D eigenvalue weighted by Gasteiger charge is -2.05. The molecule has 7 heteroatoms. The van der Waals surface area contributed by atoms with Crippen molar-refractivity contribution in [1.82, 2.24) is 15.2 Å². The van der Waals surface area contributed by atoms with Gasteiger partial charge in [-0.2, -0.15) is 5.10 Å². The van der Waals surface area contributed by atoms with Crippen molar-refractivity contribution < 1.29 is 4.79 Å². The van der Waals surface area contributed by atoms with E-state index in [0.29, 0.717) is 16.9 Å². The number of anilines is 1. The number of aromatic nitrogens is 3. The average Bonchev–Trinajstić information content (AvgIpc) is 2.70. The van der Waals surface area contributed by atoms with Crippen LogP contribution in [0, 0.1) is 13.8 Å². The smallest absolute Gasteiger partial charge is 0.274 e. The van der Waals surface area contributed by atoms with Gasteiger partial charge < -0.3 is 11.1 Å². The highest BCUT2D eigenvalue weighted by Gasteiger charge is 2.13. The van der Waals surface area contributed by atoms with Crippen LogP contribution in [0.2, 0.25) is 0 Å². The number of rotatable bonds is 3. The minimum atomic E-state index is -0.304. The van der Waals surface area contributed by atoms with E-state index in [1.165, 1.54) is 6.20 Å². The quantitative estimate of drug-likeness (QED) is 0.734. The van der Waals surface area contributed by atoms with Crippen LogP contribution in [0.1, 0.15) is 27.4 Å². The fourth-order valence-electron chi connectivity index (χ4n) is 1.59. The van der Waals surface area contributed by atoms with Crippen LogP contribution in [0.4, 0.5) is 5.69 Å². The van der Waals surface area contributed by atoms with Gasteiger partial charge >= 0.3 is 0 Å². The Labute approximate surface area is 115 Å². The average molecular weight is 275 g/mol. The summed E-state index contributed by atoms with van der Waals surface area (Å²) in [5.41, 5.74) is 8.58. The largest absolute Gasteiger partial charge is 0.389 e. The van der Waals surface area contributed by atoms with E-state index >= 15 is 0 Å². The highest BCUT2D eigenvalue weighted by molar-refractivity contribution is 7.80. The van der Waals surface area contributed by atoms with E-state index < -0.39 is 0 Å². The second kappa shape index (κ2) is 5.15. The highest BCUT2D eigenvalue weighted by Crippen LogP contribution is 2.16. The number of nitrogens with two attached hydrogens (primary N) is 1. The molecule has 0 aliphatic heterocycles. The molecule has 0 spiro atoms. The van der Waals surface area contributed by atoms with E-state index in [1.54, 1.807) is 12.1 Å². The van der Waals surface area contributed by atoms with Crippen molar-refractivity contribution in [2.24, 2.45) is 5.73 Å². The maximum Gasteiger partial charge on any atom is 0.274 e. The zero-order valence-electron chi connectivity index (χ0n) is 10.5. The van der Waals surface area contributed by atoms with Gasteiger partial charge in [0.2, 0.25) is 0 Å². The normalized spacial score (nSPS) is 10.2. The summed E-state index contributed by atoms with van der Waals surface area (Å²) in [5.74, 6) is -0.304. The molecular weight excluding hydrogens is 262 g/mol. The van der Waals surface area contributed by atoms with Crippen LogP contribution in [-0.2, 0) is 0 Å². The molecule has 0 saturated carbocycles. The molecule has 2 aromatic heterocycles. The summed E-state index contributed by atoms with van der Waals surface area (Å²) in [6.07, 6.45) is 1.48. The first-order chi connectivity index (χ1) is 8.99. The molecule has 0 saturated heterocycles. The number of aromatic amines is 1. The second-order valence-electron chi connectivity index (χ2n) is 4.06. The minimum Gasteiger partial charge on any atom is -0.389 e. The van der Waals surface area contributed by atoms with Crippen molar-refractivity contribution in [3.05, 3.63) is 41.0 Å². The molecule has 0 atom stereocenters. The predicted octanol–water partition coefficient (Wildman–Crippen LogP) is 1.31. The van der Waals surface area contributed by atoms with Gasteiger partial charge in [-0.15, -0.1) is 0 Å². The number of hydrogen-bond donors (Lipinski definition) is 3. The number of amides is 1. The van der Waals surface area contributed by atoms with Gasteiger partial charge in [0, 0.05) is 11.8 Å². The first-order valence-corrected chi connectivity index (χ1v) is 5.98. The van der Waals surface area contributed by atoms with E-state index in [1.807, 2.05) is 13.8 Å². The summed E-state index contributed by atoms with van der Waals surface area (Å²) in [6, 6.07) is 3.24. The van der Waals surface area contributed by atoms with Gasteiger partial charge in [-0.05, 0) is 26.0 Å². The van der Waals surface area contributed by atoms with Crippen LogP contribution in [-0.4, -0.2) is 26.1 Å². The van der Waals surface area contributed by atoms with Crippen molar-refractivity contribution in [2.75, 3.05) is 5.32 Å². The minimum absolute atomic E-state index is 0.251. The number of nitrogens with one attached hydrogen (secondary N) is 2. The Kier molecular flexibility index (Phi) is 3.57. The van der Waals surface area contributed by atoms with Gasteiger partial charge in [0.15, 0.2) is 0 Å². The van der Waals surface area contributed by atoms with E-state index in [-0.39, 0.29) is 10.9 Å². The number of carbonyl (C=O) groups excluding carboxylic acids is 1. The number of pyridine rings is 1. The zero-order chi connectivity index (χ0) is 14.0. The molecule has 2 rings (SSSR count). The standard InChI is InChI=1S/C12H13N5OS/c1-6-10(7(2)17-16-6)15-12(18)9-4-3-8(5-14-9)11(13)19/h3-5H,1-2H3,(H2,13,19)(H,15,18)(H,16,17). The maximum atomic E-state index is 12.0. The van der Waals surface area contributed by atoms with Crippen molar-refractivity contribution >= 4 is 28.8 Å². The SMILES string of the molecule is Cc1n[nH]c(C)c1NC(=O)c1ccc(C(N)=S)cn1. The van der Waals surface area contributed by atoms with Crippen LogP contribution in [0.5, 0.6) is 0 Å². The monoisotopic (exact) mass is 275 g/mol. The number of thiocarbonyl (C=S) groups is 1. The maximum absolute atomic E-state index is 12.0. The third-order valence-corrected chi connectivity index (χ3v) is 2.88. The molecule has 2 aromatic rings. The summed E-state index contributed by atoms with van der Waals surface area (Å²) in [5, 5.41) is 9.57. The molecular formula is C12H13N5OS. The summed E-state index contributed by atoms with van der Waals surface area (Å²) < 4.78 is 0. The number of carbonyl (C=O) groups is 1. The Morgan fingerprint density at radius 3 is 2.63 bits per heavy atom. The van der Waals surface area contributed by atoms with Gasteiger partial charge in [0.05, 0.1) is 17.1 Å². The van der Waals surface area contributed by atoms with Crippen LogP contribution in [0.15, 0.2) is 18.3 Å². The summed E-state index contributed by atoms with van der Waals surface area (Å²) >= 11 is 4.82. The van der Waals surface area contributed by atoms with Gasteiger partial charge in [-0.25, -0.2) is 0 Å². The van der Waals surface area contributed by atoms with Crippen LogP contribution in [0.25, 0.3) is 0 Å². The molecule has 0 aliphatic carbocycles. The van der Waals surface area contributed by atoms with Crippen molar-refractivity contribution in [3.8, 4) is 0 Å². The summed E-state index contributed by atoms with van der Waals surface area (Å²) in [6.45, 7) is 3.64. The molecule has 19 heavy (non-hydrogen) atoms. The predicted molar refractivity (Wildman–Crippen MR) is 76.1 cm³/mol. The summed E-state index contributed by atoms with van der Waals surface area (Å²) in [4.78, 5) is 16.3. The molecule has 0 bridgehead atoms. The first-order valence-electron chi connectivity index (χ1n) is 5.58. The van der Waals surface area contributed by atoms with Crippen LogP contribution in [0.3, 0.4) is 0 Å². The molecule has 0 radical (unpaired) electrons. The molecule has 1 amide bonds. The Hall–Kier alpha value is -2.28. The Bertz CT molecular complexity index is 613. The number of hydrogen-bond acceptors (Lipinski definition) is 4. The van der Waals surface area contributed by atoms with Crippen molar-refractivity contribution in [3.63, 3.8) is 0 Å². The van der Waals surface area contributed by atoms with Crippen molar-refractivity contribution in [2.45, 2.75) is 13.8 Å². The lowest BCUT2D eigenvalue weighted by Crippen LogP contribution is -2.16. The lowest BCUT2D eigenvalue weighted by atomic mass is 10.2. The number of nitrogens with zero attached hydrogens (tertiary/aromatic N) is 2. The highest BCUT2D eigenvalue weighted by atomic mass is 32.1. The van der Waals surface area contributed by atoms with Gasteiger partial charge in [0.25, 0.3) is 5.91 Å². The van der Waals surface area contributed by atoms with Crippen LogP contribution < -0.4 is 11.1 Å². The second-order valence-corrected chi connectivity index (χ2v) is 4.50. The molecule has 0 aliphatic rings. The van der Waals surface area contributed by atoms with E-state index in [2.05, 4.69) is 20.5 Å². The van der Waals surface area contributed by atoms with Gasteiger partial charge in [-0.1, -0.05) is 12.2 Å². The molecule has 6 nitrogen and oxygen atoms in total. The number of aryl methyl sites for hydroxylation is 2. The molecule has 2 heterocycles. The van der Waals surface area contributed by atoms with E-state index in [4.69, 9.17) is 18.0 Å². The molecule has 0 aromatic carbocycles. The molecule has 4 N–H and O–H groups in total. The third-order valence-electron chi connectivity index (χ3n) is 2.65.